The molecule has 142 valence electrons. The Bertz CT molecular complexity index is 675. The van der Waals surface area contributed by atoms with Crippen molar-refractivity contribution in [2.45, 2.75) is 29.8 Å². The Hall–Kier alpha value is -0.351. The van der Waals surface area contributed by atoms with Crippen LogP contribution in [0.4, 0.5) is 0 Å². The number of benzene rings is 1. The van der Waals surface area contributed by atoms with Crippen LogP contribution in [0.25, 0.3) is 0 Å². The standard InChI is InChI=1S/C17H20NO2S.C5H5.Fe/c1-18-21(20,15-9-3-2-4-10-15)13-17(19)12-6-8-14-7-5-11-16(14)17;1-2-4-5-3-1;/h2-5,7,9-11,19H,6,8,12-13H2,1H3;1-5H;/q;;+2/t17-,21-;;/m1../s1. The van der Waals surface area contributed by atoms with E-state index in [4.69, 9.17) is 0 Å². The molecule has 0 saturated heterocycles. The van der Waals surface area contributed by atoms with Crippen LogP contribution in [0.3, 0.4) is 0 Å². The van der Waals surface area contributed by atoms with Crippen molar-refractivity contribution in [3.8, 4) is 0 Å². The van der Waals surface area contributed by atoms with Crippen LogP contribution in [0, 0.1) is 63.2 Å². The van der Waals surface area contributed by atoms with E-state index in [2.05, 4.69) is 4.36 Å². The topological polar surface area (TPSA) is 49.7 Å². The fraction of sp³-hybridized carbons (Fsp3) is 0.273. The summed E-state index contributed by atoms with van der Waals surface area (Å²) in [6, 6.07) is 9.27. The van der Waals surface area contributed by atoms with Gasteiger partial charge in [-0.25, -0.2) is 8.57 Å². The van der Waals surface area contributed by atoms with Gasteiger partial charge >= 0.3 is 17.1 Å². The third-order valence-corrected chi connectivity index (χ3v) is 7.31. The van der Waals surface area contributed by atoms with Gasteiger partial charge in [0.05, 0.1) is 21.1 Å². The maximum Gasteiger partial charge on any atom is 2.00 e. The molecule has 4 rings (SSSR count). The van der Waals surface area contributed by atoms with Gasteiger partial charge in [-0.15, -0.1) is 0 Å². The van der Waals surface area contributed by atoms with E-state index in [-0.39, 0.29) is 22.8 Å². The Morgan fingerprint density at radius 1 is 1.04 bits per heavy atom. The molecule has 0 amide bonds. The Morgan fingerprint density at radius 2 is 1.67 bits per heavy atom. The van der Waals surface area contributed by atoms with Gasteiger partial charge in [-0.3, -0.25) is 0 Å². The van der Waals surface area contributed by atoms with Crippen LogP contribution >= 0.6 is 0 Å². The van der Waals surface area contributed by atoms with Crippen LogP contribution in [-0.2, 0) is 26.8 Å². The summed E-state index contributed by atoms with van der Waals surface area (Å²) in [5, 5.41) is 11.1. The van der Waals surface area contributed by atoms with E-state index in [1.165, 1.54) is 5.92 Å². The summed E-state index contributed by atoms with van der Waals surface area (Å²) in [6.07, 6.45) is 18.5. The Balaban J connectivity index is 0.000000379. The van der Waals surface area contributed by atoms with Crippen molar-refractivity contribution >= 4 is 9.73 Å². The van der Waals surface area contributed by atoms with Crippen LogP contribution < -0.4 is 0 Å². The van der Waals surface area contributed by atoms with Gasteiger partial charge in [0.1, 0.15) is 0 Å². The maximum atomic E-state index is 13.2. The van der Waals surface area contributed by atoms with E-state index in [1.54, 1.807) is 7.05 Å². The molecule has 0 bridgehead atoms. The Morgan fingerprint density at radius 3 is 2.26 bits per heavy atom. The van der Waals surface area contributed by atoms with Gasteiger partial charge in [0.15, 0.2) is 0 Å². The molecular weight excluding hydrogens is 398 g/mol. The summed E-state index contributed by atoms with van der Waals surface area (Å²) in [6.45, 7) is 0. The summed E-state index contributed by atoms with van der Waals surface area (Å²) in [5.74, 6) is 2.27. The zero-order valence-corrected chi connectivity index (χ0v) is 17.3. The van der Waals surface area contributed by atoms with Crippen molar-refractivity contribution < 1.29 is 26.4 Å². The van der Waals surface area contributed by atoms with Gasteiger partial charge in [0, 0.05) is 17.9 Å². The molecule has 0 spiro atoms. The predicted octanol–water partition coefficient (Wildman–Crippen LogP) is 3.85. The number of aliphatic hydroxyl groups is 1. The summed E-state index contributed by atoms with van der Waals surface area (Å²) >= 11 is 0. The number of rotatable bonds is 3. The SMILES string of the molecule is CN=[S@@](=O)(C[C@]1(O)CCC[C]2[CH][CH][CH][C]21)c1ccccc1.[CH]1[CH][CH][CH][CH]1.[Fe+2]. The Kier molecular flexibility index (Phi) is 8.86. The molecule has 1 aromatic rings. The number of hydrogen-bond acceptors (Lipinski definition) is 3. The molecule has 3 aliphatic carbocycles. The van der Waals surface area contributed by atoms with E-state index in [0.29, 0.717) is 11.3 Å². The second kappa shape index (κ2) is 10.4. The van der Waals surface area contributed by atoms with Crippen LogP contribution in [0.15, 0.2) is 39.6 Å². The average Bonchev–Trinajstić information content (AvgIpc) is 3.37. The largest absolute Gasteiger partial charge is 2.00 e. The second-order valence-corrected chi connectivity index (χ2v) is 9.00. The first-order valence-corrected chi connectivity index (χ1v) is 10.6. The number of nitrogens with zero attached hydrogens (tertiary/aromatic N) is 1. The minimum atomic E-state index is -2.61. The van der Waals surface area contributed by atoms with E-state index < -0.39 is 15.3 Å². The molecular formula is C22H25FeNO2S+2. The summed E-state index contributed by atoms with van der Waals surface area (Å²) in [4.78, 5) is 0.694. The summed E-state index contributed by atoms with van der Waals surface area (Å²) in [5.41, 5.74) is -1.04. The van der Waals surface area contributed by atoms with E-state index in [0.717, 1.165) is 18.8 Å². The fourth-order valence-electron chi connectivity index (χ4n) is 3.52. The van der Waals surface area contributed by atoms with Gasteiger partial charge in [0.25, 0.3) is 0 Å². The van der Waals surface area contributed by atoms with E-state index >= 15 is 0 Å². The minimum absolute atomic E-state index is 0. The number of fused-ring (bicyclic) bond motifs is 1. The Labute approximate surface area is 176 Å². The molecule has 3 saturated carbocycles. The molecule has 3 nitrogen and oxygen atoms in total. The molecule has 3 aliphatic rings. The molecule has 3 fully saturated rings. The third-order valence-electron chi connectivity index (χ3n) is 4.84. The monoisotopic (exact) mass is 423 g/mol. The molecule has 1 N–H and O–H groups in total. The number of hydrogen-bond donors (Lipinski definition) is 1. The molecule has 0 heterocycles. The molecule has 5 heteroatoms. The van der Waals surface area contributed by atoms with Crippen molar-refractivity contribution in [3.05, 3.63) is 93.5 Å². The summed E-state index contributed by atoms with van der Waals surface area (Å²) in [7, 11) is -1.03. The van der Waals surface area contributed by atoms with Crippen LogP contribution in [0.1, 0.15) is 19.3 Å². The maximum absolute atomic E-state index is 13.2. The molecule has 10 radical (unpaired) electrons. The molecule has 27 heavy (non-hydrogen) atoms. The first kappa shape index (κ1) is 22.9. The van der Waals surface area contributed by atoms with Crippen molar-refractivity contribution in [1.29, 1.82) is 0 Å². The fourth-order valence-corrected chi connectivity index (χ4v) is 5.55. The normalized spacial score (nSPS) is 27.6. The van der Waals surface area contributed by atoms with E-state index in [9.17, 15) is 9.32 Å². The molecule has 2 atom stereocenters. The summed E-state index contributed by atoms with van der Waals surface area (Å²) < 4.78 is 17.4. The van der Waals surface area contributed by atoms with Crippen molar-refractivity contribution in [2.24, 2.45) is 4.36 Å². The zero-order valence-electron chi connectivity index (χ0n) is 15.4. The van der Waals surface area contributed by atoms with Gasteiger partial charge in [-0.2, -0.15) is 0 Å². The average molecular weight is 423 g/mol. The molecule has 0 aromatic heterocycles. The van der Waals surface area contributed by atoms with Crippen LogP contribution in [-0.4, -0.2) is 27.7 Å². The van der Waals surface area contributed by atoms with Gasteiger partial charge in [0.2, 0.25) is 0 Å². The quantitative estimate of drug-likeness (QED) is 0.751. The van der Waals surface area contributed by atoms with Crippen molar-refractivity contribution in [1.82, 2.24) is 0 Å². The predicted molar refractivity (Wildman–Crippen MR) is 106 cm³/mol. The third kappa shape index (κ3) is 5.59. The van der Waals surface area contributed by atoms with Gasteiger partial charge in [-0.1, -0.05) is 18.2 Å². The molecule has 0 aliphatic heterocycles. The van der Waals surface area contributed by atoms with Crippen LogP contribution in [0.5, 0.6) is 0 Å². The zero-order chi connectivity index (χ0) is 18.5. The molecule has 1 aromatic carbocycles. The van der Waals surface area contributed by atoms with Gasteiger partial charge < -0.3 is 5.11 Å². The first-order chi connectivity index (χ1) is 12.6. The first-order valence-electron chi connectivity index (χ1n) is 8.89. The van der Waals surface area contributed by atoms with Gasteiger partial charge in [-0.05, 0) is 88.7 Å². The van der Waals surface area contributed by atoms with Crippen molar-refractivity contribution in [2.75, 3.05) is 12.8 Å². The smallest absolute Gasteiger partial charge is 0.388 e. The molecule has 0 unspecified atom stereocenters. The van der Waals surface area contributed by atoms with E-state index in [1.807, 2.05) is 81.7 Å². The second-order valence-electron chi connectivity index (χ2n) is 6.59. The minimum Gasteiger partial charge on any atom is -0.388 e. The van der Waals surface area contributed by atoms with Crippen LogP contribution in [0.2, 0.25) is 0 Å². The van der Waals surface area contributed by atoms with Crippen molar-refractivity contribution in [3.63, 3.8) is 0 Å².